The van der Waals surface area contributed by atoms with Gasteiger partial charge in [-0.25, -0.2) is 0 Å². The van der Waals surface area contributed by atoms with E-state index in [-0.39, 0.29) is 6.04 Å². The topological polar surface area (TPSA) is 45.6 Å². The highest BCUT2D eigenvalue weighted by molar-refractivity contribution is 14.1. The zero-order valence-electron chi connectivity index (χ0n) is 14.2. The monoisotopic (exact) mass is 448 g/mol. The van der Waals surface area contributed by atoms with Crippen LogP contribution in [0.25, 0.3) is 10.9 Å². The van der Waals surface area contributed by atoms with Gasteiger partial charge in [0.15, 0.2) is 0 Å². The second kappa shape index (κ2) is 7.10. The second-order valence-electron chi connectivity index (χ2n) is 6.92. The molecule has 130 valence electrons. The van der Waals surface area contributed by atoms with Crippen molar-refractivity contribution in [1.82, 2.24) is 9.88 Å². The van der Waals surface area contributed by atoms with E-state index in [0.717, 1.165) is 41.7 Å². The van der Waals surface area contributed by atoms with Crippen molar-refractivity contribution >= 4 is 33.5 Å². The number of benzene rings is 1. The molecule has 0 aliphatic carbocycles. The summed E-state index contributed by atoms with van der Waals surface area (Å²) in [7, 11) is 1.66. The van der Waals surface area contributed by atoms with Gasteiger partial charge in [0.2, 0.25) is 0 Å². The van der Waals surface area contributed by atoms with Crippen LogP contribution >= 0.6 is 22.6 Å². The van der Waals surface area contributed by atoms with Gasteiger partial charge in [-0.3, -0.25) is 9.88 Å². The predicted octanol–water partition coefficient (Wildman–Crippen LogP) is 3.38. The Kier molecular flexibility index (Phi) is 4.85. The predicted molar refractivity (Wildman–Crippen MR) is 107 cm³/mol. The minimum atomic E-state index is -0.520. The highest BCUT2D eigenvalue weighted by Crippen LogP contribution is 2.41. The van der Waals surface area contributed by atoms with Gasteiger partial charge in [0, 0.05) is 52.7 Å². The third kappa shape index (κ3) is 3.12. The Morgan fingerprint density at radius 2 is 2.28 bits per heavy atom. The van der Waals surface area contributed by atoms with Crippen LogP contribution in [-0.4, -0.2) is 41.2 Å². The molecule has 3 saturated heterocycles. The first kappa shape index (κ1) is 17.1. The van der Waals surface area contributed by atoms with E-state index in [4.69, 9.17) is 4.74 Å². The Hall–Kier alpha value is -1.36. The number of ether oxygens (including phenoxy) is 1. The van der Waals surface area contributed by atoms with Gasteiger partial charge in [-0.15, -0.1) is 0 Å². The highest BCUT2D eigenvalue weighted by Gasteiger charge is 2.42. The van der Waals surface area contributed by atoms with Crippen LogP contribution in [0.2, 0.25) is 0 Å². The molecule has 1 aromatic heterocycles. The second-order valence-corrected chi connectivity index (χ2v) is 7.46. The Morgan fingerprint density at radius 1 is 1.40 bits per heavy atom. The van der Waals surface area contributed by atoms with Gasteiger partial charge in [-0.2, -0.15) is 0 Å². The molecule has 1 N–H and O–H groups in total. The van der Waals surface area contributed by atoms with Crippen LogP contribution in [0.15, 0.2) is 30.5 Å². The van der Waals surface area contributed by atoms with Crippen LogP contribution in [0.3, 0.4) is 0 Å². The molecule has 0 amide bonds. The number of hydrogen-bond acceptors (Lipinski definition) is 4. The van der Waals surface area contributed by atoms with Gasteiger partial charge < -0.3 is 9.84 Å². The first-order chi connectivity index (χ1) is 12.2. The molecule has 1 unspecified atom stereocenters. The minimum absolute atomic E-state index is 0.155. The molecular weight excluding hydrogens is 427 g/mol. The van der Waals surface area contributed by atoms with Gasteiger partial charge in [-0.1, -0.05) is 5.92 Å². The molecule has 5 atom stereocenters. The summed E-state index contributed by atoms with van der Waals surface area (Å²) in [6.45, 7) is 2.02. The third-order valence-electron chi connectivity index (χ3n) is 5.71. The average molecular weight is 448 g/mol. The van der Waals surface area contributed by atoms with Crippen molar-refractivity contribution in [2.75, 3.05) is 20.2 Å². The summed E-state index contributed by atoms with van der Waals surface area (Å²) in [4.78, 5) is 6.85. The van der Waals surface area contributed by atoms with Gasteiger partial charge >= 0.3 is 0 Å². The van der Waals surface area contributed by atoms with Crippen LogP contribution in [0.4, 0.5) is 0 Å². The van der Waals surface area contributed by atoms with E-state index in [2.05, 4.69) is 42.3 Å². The van der Waals surface area contributed by atoms with Gasteiger partial charge in [0.25, 0.3) is 0 Å². The summed E-state index contributed by atoms with van der Waals surface area (Å²) < 4.78 is 8.40. The number of pyridine rings is 1. The average Bonchev–Trinajstić information content (AvgIpc) is 2.67. The van der Waals surface area contributed by atoms with Gasteiger partial charge in [0.05, 0.1) is 18.7 Å². The molecule has 3 aliphatic heterocycles. The van der Waals surface area contributed by atoms with Crippen LogP contribution in [0, 0.1) is 21.7 Å². The lowest BCUT2D eigenvalue weighted by atomic mass is 9.74. The van der Waals surface area contributed by atoms with Crippen molar-refractivity contribution in [3.63, 3.8) is 0 Å². The molecule has 25 heavy (non-hydrogen) atoms. The molecule has 3 fully saturated rings. The van der Waals surface area contributed by atoms with Crippen molar-refractivity contribution in [2.45, 2.75) is 25.0 Å². The first-order valence-electron chi connectivity index (χ1n) is 8.67. The lowest BCUT2D eigenvalue weighted by Crippen LogP contribution is -2.55. The van der Waals surface area contributed by atoms with Crippen molar-refractivity contribution in [3.8, 4) is 15.6 Å². The third-order valence-corrected chi connectivity index (χ3v) is 6.02. The number of fused-ring (bicyclic) bond motifs is 4. The van der Waals surface area contributed by atoms with E-state index in [0.29, 0.717) is 11.8 Å². The summed E-state index contributed by atoms with van der Waals surface area (Å²) in [5, 5.41) is 12.2. The van der Waals surface area contributed by atoms with E-state index in [1.165, 1.54) is 6.42 Å². The first-order valence-corrected chi connectivity index (χ1v) is 9.75. The maximum absolute atomic E-state index is 11.2. The van der Waals surface area contributed by atoms with Gasteiger partial charge in [0.1, 0.15) is 5.75 Å². The largest absolute Gasteiger partial charge is 0.497 e. The van der Waals surface area contributed by atoms with Crippen molar-refractivity contribution < 1.29 is 9.84 Å². The highest BCUT2D eigenvalue weighted by atomic mass is 127. The Balaban J connectivity index is 1.66. The van der Waals surface area contributed by atoms with Gasteiger partial charge in [-0.05, 0) is 59.1 Å². The van der Waals surface area contributed by atoms with Crippen molar-refractivity contribution in [2.24, 2.45) is 11.8 Å². The SMILES string of the molecule is COc1ccc2nccc([C@@H](O)[C@H]3C[C@@H]4CCN3C[C@@H]4C#CI)c2c1. The number of piperidine rings is 3. The van der Waals surface area contributed by atoms with Crippen molar-refractivity contribution in [1.29, 1.82) is 0 Å². The fraction of sp³-hybridized carbons (Fsp3) is 0.450. The van der Waals surface area contributed by atoms with E-state index in [1.54, 1.807) is 13.3 Å². The number of methoxy groups -OCH3 is 1. The molecular formula is C20H21IN2O2. The standard InChI is InChI=1S/C20H21IN2O2/c1-25-15-2-3-18-17(11-15)16(5-8-22-18)20(24)19-10-13-6-9-23(19)12-14(13)4-7-21/h2-3,5,8,11,13-14,19-20,24H,6,9-10,12H2,1H3/t13-,14-,19+,20+/m0/s1. The molecule has 4 nitrogen and oxygen atoms in total. The van der Waals surface area contributed by atoms with E-state index >= 15 is 0 Å². The lowest BCUT2D eigenvalue weighted by molar-refractivity contribution is -0.0425. The molecule has 2 aromatic rings. The molecule has 0 spiro atoms. The fourth-order valence-electron chi connectivity index (χ4n) is 4.37. The maximum atomic E-state index is 11.2. The van der Waals surface area contributed by atoms with Crippen LogP contribution < -0.4 is 4.74 Å². The Morgan fingerprint density at radius 3 is 3.00 bits per heavy atom. The molecule has 1 aromatic carbocycles. The number of aliphatic hydroxyl groups is 1. The van der Waals surface area contributed by atoms with E-state index < -0.39 is 6.10 Å². The number of aromatic nitrogens is 1. The zero-order chi connectivity index (χ0) is 17.4. The van der Waals surface area contributed by atoms with Crippen LogP contribution in [0.1, 0.15) is 24.5 Å². The summed E-state index contributed by atoms with van der Waals surface area (Å²) in [6.07, 6.45) is 3.46. The summed E-state index contributed by atoms with van der Waals surface area (Å²) in [5.41, 5.74) is 1.83. The summed E-state index contributed by atoms with van der Waals surface area (Å²) >= 11 is 2.13. The number of rotatable bonds is 3. The number of nitrogens with zero attached hydrogens (tertiary/aromatic N) is 2. The molecule has 5 rings (SSSR count). The van der Waals surface area contributed by atoms with Crippen LogP contribution in [-0.2, 0) is 0 Å². The Labute approximate surface area is 161 Å². The summed E-state index contributed by atoms with van der Waals surface area (Å²) in [6, 6.07) is 7.93. The maximum Gasteiger partial charge on any atom is 0.119 e. The van der Waals surface area contributed by atoms with E-state index in [1.807, 2.05) is 24.3 Å². The normalized spacial score (nSPS) is 29.1. The number of halogens is 1. The fourth-order valence-corrected chi connectivity index (χ4v) is 4.77. The minimum Gasteiger partial charge on any atom is -0.497 e. The molecule has 0 radical (unpaired) electrons. The number of hydrogen-bond donors (Lipinski definition) is 1. The molecule has 4 heterocycles. The zero-order valence-corrected chi connectivity index (χ0v) is 16.3. The quantitative estimate of drug-likeness (QED) is 0.578. The molecule has 3 aliphatic rings. The van der Waals surface area contributed by atoms with E-state index in [9.17, 15) is 5.11 Å². The Bertz CT molecular complexity index is 844. The van der Waals surface area contributed by atoms with Crippen molar-refractivity contribution in [3.05, 3.63) is 36.0 Å². The lowest BCUT2D eigenvalue weighted by Gasteiger charge is -2.50. The van der Waals surface area contributed by atoms with Crippen LogP contribution in [0.5, 0.6) is 5.75 Å². The molecule has 0 saturated carbocycles. The molecule has 5 heteroatoms. The molecule has 2 bridgehead atoms. The smallest absolute Gasteiger partial charge is 0.119 e. The summed E-state index contributed by atoms with van der Waals surface area (Å²) in [5.74, 6) is 5.18. The number of aliphatic hydroxyl groups excluding tert-OH is 1.